The molecule has 2 atom stereocenters. The first-order valence-corrected chi connectivity index (χ1v) is 9.26. The monoisotopic (exact) mass is 354 g/mol. The zero-order chi connectivity index (χ0) is 17.9. The van der Waals surface area contributed by atoms with Crippen molar-refractivity contribution in [3.8, 4) is 5.75 Å². The largest absolute Gasteiger partial charge is 0.496 e. The number of para-hydroxylation sites is 1. The Balaban J connectivity index is 2.80. The maximum atomic E-state index is 12.5. The Morgan fingerprint density at radius 3 is 2.58 bits per heavy atom. The van der Waals surface area contributed by atoms with Crippen molar-refractivity contribution in [1.29, 1.82) is 0 Å². The molecule has 1 aromatic carbocycles. The summed E-state index contributed by atoms with van der Waals surface area (Å²) in [6, 6.07) is 6.11. The van der Waals surface area contributed by atoms with Crippen molar-refractivity contribution >= 4 is 23.6 Å². The van der Waals surface area contributed by atoms with Crippen molar-refractivity contribution in [2.24, 2.45) is 0 Å². The van der Waals surface area contributed by atoms with Gasteiger partial charge in [0.15, 0.2) is 0 Å². The second-order valence-corrected chi connectivity index (χ2v) is 6.42. The van der Waals surface area contributed by atoms with Crippen molar-refractivity contribution < 1.29 is 19.4 Å². The molecule has 1 aromatic rings. The van der Waals surface area contributed by atoms with Gasteiger partial charge in [-0.1, -0.05) is 12.1 Å². The highest BCUT2D eigenvalue weighted by Crippen LogP contribution is 2.17. The lowest BCUT2D eigenvalue weighted by atomic mass is 10.1. The first-order valence-electron chi connectivity index (χ1n) is 7.87. The average molecular weight is 354 g/mol. The van der Waals surface area contributed by atoms with Crippen LogP contribution in [0.3, 0.4) is 0 Å². The van der Waals surface area contributed by atoms with Crippen LogP contribution in [0.1, 0.15) is 30.1 Å². The smallest absolute Gasteiger partial charge is 0.255 e. The lowest BCUT2D eigenvalue weighted by Crippen LogP contribution is -2.49. The minimum atomic E-state index is -0.629. The fourth-order valence-corrected chi connectivity index (χ4v) is 2.65. The van der Waals surface area contributed by atoms with E-state index >= 15 is 0 Å². The SMILES string of the molecule is COc1ccccc1C(=O)NC(CCSC)C(=O)NC(C)CCO. The van der Waals surface area contributed by atoms with Gasteiger partial charge in [-0.25, -0.2) is 0 Å². The van der Waals surface area contributed by atoms with E-state index < -0.39 is 6.04 Å². The van der Waals surface area contributed by atoms with Gasteiger partial charge >= 0.3 is 0 Å². The van der Waals surface area contributed by atoms with E-state index in [0.29, 0.717) is 24.2 Å². The Kier molecular flexibility index (Phi) is 9.26. The van der Waals surface area contributed by atoms with Gasteiger partial charge in [-0.2, -0.15) is 11.8 Å². The molecular formula is C17H26N2O4S. The molecule has 0 saturated carbocycles. The van der Waals surface area contributed by atoms with E-state index in [1.807, 2.05) is 13.2 Å². The van der Waals surface area contributed by atoms with Gasteiger partial charge in [0, 0.05) is 12.6 Å². The third-order valence-electron chi connectivity index (χ3n) is 3.53. The molecule has 134 valence electrons. The number of carbonyl (C=O) groups is 2. The maximum Gasteiger partial charge on any atom is 0.255 e. The van der Waals surface area contributed by atoms with Crippen LogP contribution in [0.15, 0.2) is 24.3 Å². The van der Waals surface area contributed by atoms with Gasteiger partial charge in [0.2, 0.25) is 5.91 Å². The van der Waals surface area contributed by atoms with Crippen LogP contribution in [0.5, 0.6) is 5.75 Å². The van der Waals surface area contributed by atoms with Crippen LogP contribution in [0, 0.1) is 0 Å². The van der Waals surface area contributed by atoms with E-state index in [1.54, 1.807) is 36.0 Å². The van der Waals surface area contributed by atoms with Crippen LogP contribution in [-0.4, -0.2) is 54.7 Å². The van der Waals surface area contributed by atoms with Crippen molar-refractivity contribution in [1.82, 2.24) is 10.6 Å². The Labute approximate surface area is 147 Å². The molecule has 0 aliphatic heterocycles. The zero-order valence-corrected chi connectivity index (χ0v) is 15.2. The number of hydrogen-bond acceptors (Lipinski definition) is 5. The van der Waals surface area contributed by atoms with E-state index in [4.69, 9.17) is 9.84 Å². The molecule has 24 heavy (non-hydrogen) atoms. The summed E-state index contributed by atoms with van der Waals surface area (Å²) in [5, 5.41) is 14.5. The number of thioether (sulfide) groups is 1. The molecule has 2 amide bonds. The zero-order valence-electron chi connectivity index (χ0n) is 14.4. The minimum Gasteiger partial charge on any atom is -0.496 e. The highest BCUT2D eigenvalue weighted by atomic mass is 32.2. The predicted octanol–water partition coefficient (Wildman–Crippen LogP) is 1.43. The number of aliphatic hydroxyl groups excluding tert-OH is 1. The van der Waals surface area contributed by atoms with Gasteiger partial charge < -0.3 is 20.5 Å². The topological polar surface area (TPSA) is 87.7 Å². The number of ether oxygens (including phenoxy) is 1. The van der Waals surface area contributed by atoms with Crippen LogP contribution in [0.4, 0.5) is 0 Å². The molecule has 1 rings (SSSR count). The summed E-state index contributed by atoms with van der Waals surface area (Å²) in [6.45, 7) is 1.83. The summed E-state index contributed by atoms with van der Waals surface area (Å²) in [5.74, 6) is 0.628. The van der Waals surface area contributed by atoms with Crippen molar-refractivity contribution in [2.75, 3.05) is 25.7 Å². The standard InChI is InChI=1S/C17H26N2O4S/c1-12(8-10-20)18-17(22)14(9-11-24-3)19-16(21)13-6-4-5-7-15(13)23-2/h4-7,12,14,20H,8-11H2,1-3H3,(H,18,22)(H,19,21). The minimum absolute atomic E-state index is 0.00446. The Bertz CT molecular complexity index is 539. The third kappa shape index (κ3) is 6.41. The third-order valence-corrected chi connectivity index (χ3v) is 4.18. The molecule has 7 heteroatoms. The van der Waals surface area contributed by atoms with Gasteiger partial charge in [0.25, 0.3) is 5.91 Å². The quantitative estimate of drug-likeness (QED) is 0.592. The molecule has 3 N–H and O–H groups in total. The lowest BCUT2D eigenvalue weighted by Gasteiger charge is -2.21. The number of methoxy groups -OCH3 is 1. The van der Waals surface area contributed by atoms with Crippen molar-refractivity contribution in [3.63, 3.8) is 0 Å². The number of aliphatic hydroxyl groups is 1. The van der Waals surface area contributed by atoms with Gasteiger partial charge in [-0.05, 0) is 43.9 Å². The lowest BCUT2D eigenvalue weighted by molar-refractivity contribution is -0.123. The number of rotatable bonds is 10. The molecule has 6 nitrogen and oxygen atoms in total. The molecule has 0 bridgehead atoms. The molecule has 0 radical (unpaired) electrons. The molecular weight excluding hydrogens is 328 g/mol. The van der Waals surface area contributed by atoms with Gasteiger partial charge in [-0.15, -0.1) is 0 Å². The number of amides is 2. The van der Waals surface area contributed by atoms with E-state index in [0.717, 1.165) is 5.75 Å². The Morgan fingerprint density at radius 1 is 1.25 bits per heavy atom. The summed E-state index contributed by atoms with van der Waals surface area (Å²) in [5.41, 5.74) is 0.394. The molecule has 0 saturated heterocycles. The molecule has 0 aliphatic rings. The molecule has 0 aromatic heterocycles. The van der Waals surface area contributed by atoms with E-state index in [1.165, 1.54) is 7.11 Å². The van der Waals surface area contributed by atoms with Crippen LogP contribution in [0.25, 0.3) is 0 Å². The molecule has 0 heterocycles. The van der Waals surface area contributed by atoms with Crippen LogP contribution in [-0.2, 0) is 4.79 Å². The number of hydrogen-bond donors (Lipinski definition) is 3. The van der Waals surface area contributed by atoms with Gasteiger partial charge in [-0.3, -0.25) is 9.59 Å². The second kappa shape index (κ2) is 10.9. The molecule has 0 aliphatic carbocycles. The van der Waals surface area contributed by atoms with E-state index in [2.05, 4.69) is 10.6 Å². The summed E-state index contributed by atoms with van der Waals surface area (Å²) in [4.78, 5) is 24.9. The summed E-state index contributed by atoms with van der Waals surface area (Å²) in [7, 11) is 1.50. The first-order chi connectivity index (χ1) is 11.5. The van der Waals surface area contributed by atoms with Crippen molar-refractivity contribution in [3.05, 3.63) is 29.8 Å². The number of carbonyl (C=O) groups excluding carboxylic acids is 2. The number of benzene rings is 1. The molecule has 0 fully saturated rings. The predicted molar refractivity (Wildman–Crippen MR) is 96.6 cm³/mol. The van der Waals surface area contributed by atoms with Crippen LogP contribution >= 0.6 is 11.8 Å². The van der Waals surface area contributed by atoms with Crippen LogP contribution < -0.4 is 15.4 Å². The summed E-state index contributed by atoms with van der Waals surface area (Å²) in [6.07, 6.45) is 2.95. The van der Waals surface area contributed by atoms with Gasteiger partial charge in [0.05, 0.1) is 12.7 Å². The summed E-state index contributed by atoms with van der Waals surface area (Å²) < 4.78 is 5.19. The summed E-state index contributed by atoms with van der Waals surface area (Å²) >= 11 is 1.61. The normalized spacial score (nSPS) is 13.0. The highest BCUT2D eigenvalue weighted by molar-refractivity contribution is 7.98. The maximum absolute atomic E-state index is 12.5. The number of nitrogens with one attached hydrogen (secondary N) is 2. The highest BCUT2D eigenvalue weighted by Gasteiger charge is 2.23. The van der Waals surface area contributed by atoms with Crippen LogP contribution in [0.2, 0.25) is 0 Å². The average Bonchev–Trinajstić information content (AvgIpc) is 2.58. The van der Waals surface area contributed by atoms with E-state index in [9.17, 15) is 9.59 Å². The fourth-order valence-electron chi connectivity index (χ4n) is 2.18. The first kappa shape index (κ1) is 20.3. The molecule has 2 unspecified atom stereocenters. The second-order valence-electron chi connectivity index (χ2n) is 5.43. The Morgan fingerprint density at radius 2 is 1.96 bits per heavy atom. The fraction of sp³-hybridized carbons (Fsp3) is 0.529. The van der Waals surface area contributed by atoms with Crippen molar-refractivity contribution in [2.45, 2.75) is 31.8 Å². The Hall–Kier alpha value is -1.73. The van der Waals surface area contributed by atoms with Gasteiger partial charge in [0.1, 0.15) is 11.8 Å². The molecule has 0 spiro atoms. The van der Waals surface area contributed by atoms with E-state index in [-0.39, 0.29) is 24.5 Å².